The zero-order valence-corrected chi connectivity index (χ0v) is 21.6. The quantitative estimate of drug-likeness (QED) is 0.376. The molecule has 2 aliphatic carbocycles. The maximum absolute atomic E-state index is 13.0. The standard InChI is InChI=1S/C29H35ClN4O/c1-3-29(18-17-22-11-7-8-12-25(22)29)27(23-13-15-24(30)16-14-23)31-19-26-32-34(28(35)33(26)2)20-21-9-5-4-6-10-21/h7-8,11-16,21H,3-6,9-10,17-20H2,1-2H3/b31-27-/t29-/m1/s1. The number of hydrogen-bond donors (Lipinski definition) is 0. The van der Waals surface area contributed by atoms with Crippen molar-refractivity contribution in [2.75, 3.05) is 0 Å². The molecule has 0 amide bonds. The molecule has 5 nitrogen and oxygen atoms in total. The zero-order valence-electron chi connectivity index (χ0n) is 20.8. The Balaban J connectivity index is 1.52. The summed E-state index contributed by atoms with van der Waals surface area (Å²) >= 11 is 6.23. The van der Waals surface area contributed by atoms with E-state index in [0.29, 0.717) is 24.0 Å². The molecular formula is C29H35ClN4O. The summed E-state index contributed by atoms with van der Waals surface area (Å²) in [6.07, 6.45) is 9.24. The van der Waals surface area contributed by atoms with Crippen LogP contribution in [0.2, 0.25) is 5.02 Å². The summed E-state index contributed by atoms with van der Waals surface area (Å²) in [4.78, 5) is 18.2. The molecule has 1 aromatic heterocycles. The lowest BCUT2D eigenvalue weighted by molar-refractivity contribution is 0.303. The van der Waals surface area contributed by atoms with Crippen molar-refractivity contribution < 1.29 is 0 Å². The van der Waals surface area contributed by atoms with E-state index in [2.05, 4.69) is 43.3 Å². The number of rotatable bonds is 7. The molecule has 0 saturated heterocycles. The fourth-order valence-corrected chi connectivity index (χ4v) is 6.27. The predicted octanol–water partition coefficient (Wildman–Crippen LogP) is 6.10. The van der Waals surface area contributed by atoms with Gasteiger partial charge in [-0.1, -0.05) is 74.2 Å². The number of aryl methyl sites for hydroxylation is 1. The van der Waals surface area contributed by atoms with Gasteiger partial charge in [0.2, 0.25) is 0 Å². The van der Waals surface area contributed by atoms with Crippen LogP contribution in [0.25, 0.3) is 0 Å². The summed E-state index contributed by atoms with van der Waals surface area (Å²) in [5.41, 5.74) is 4.72. The van der Waals surface area contributed by atoms with E-state index in [-0.39, 0.29) is 11.1 Å². The molecule has 0 unspecified atom stereocenters. The molecule has 2 aromatic carbocycles. The first-order valence-corrected chi connectivity index (χ1v) is 13.4. The third-order valence-electron chi connectivity index (χ3n) is 8.19. The van der Waals surface area contributed by atoms with Crippen molar-refractivity contribution in [3.05, 3.63) is 86.6 Å². The first kappa shape index (κ1) is 24.1. The molecule has 1 saturated carbocycles. The van der Waals surface area contributed by atoms with Crippen LogP contribution in [-0.2, 0) is 32.0 Å². The fourth-order valence-electron chi connectivity index (χ4n) is 6.15. The second-order valence-corrected chi connectivity index (χ2v) is 10.6. The minimum absolute atomic E-state index is 0.0368. The van der Waals surface area contributed by atoms with Gasteiger partial charge in [-0.05, 0) is 66.8 Å². The van der Waals surface area contributed by atoms with Gasteiger partial charge in [-0.2, -0.15) is 5.10 Å². The van der Waals surface area contributed by atoms with Gasteiger partial charge in [0.15, 0.2) is 5.82 Å². The van der Waals surface area contributed by atoms with Gasteiger partial charge in [0.1, 0.15) is 0 Å². The fraction of sp³-hybridized carbons (Fsp3) is 0.483. The van der Waals surface area contributed by atoms with Crippen LogP contribution in [0.15, 0.2) is 58.3 Å². The molecule has 0 N–H and O–H groups in total. The monoisotopic (exact) mass is 490 g/mol. The molecule has 2 aliphatic rings. The predicted molar refractivity (Wildman–Crippen MR) is 142 cm³/mol. The summed E-state index contributed by atoms with van der Waals surface area (Å²) in [6.45, 7) is 3.35. The van der Waals surface area contributed by atoms with Crippen molar-refractivity contribution in [2.24, 2.45) is 18.0 Å². The number of halogens is 1. The van der Waals surface area contributed by atoms with Crippen molar-refractivity contribution in [2.45, 2.75) is 76.8 Å². The number of benzene rings is 2. The normalized spacial score (nSPS) is 20.8. The van der Waals surface area contributed by atoms with Gasteiger partial charge in [0.05, 0.1) is 12.3 Å². The summed E-state index contributed by atoms with van der Waals surface area (Å²) in [5, 5.41) is 5.46. The molecule has 3 aromatic rings. The maximum Gasteiger partial charge on any atom is 0.345 e. The first-order chi connectivity index (χ1) is 17.0. The SMILES string of the molecule is CC[C@@]1(/C(=N\Cc2nn(CC3CCCCC3)c(=O)n2C)c2ccc(Cl)cc2)CCc2ccccc21. The van der Waals surface area contributed by atoms with Crippen LogP contribution in [0, 0.1) is 5.92 Å². The number of aliphatic imine (C=N–C) groups is 1. The van der Waals surface area contributed by atoms with Crippen molar-refractivity contribution in [1.82, 2.24) is 14.3 Å². The Bertz CT molecular complexity index is 1270. The number of hydrogen-bond acceptors (Lipinski definition) is 3. The Labute approximate surface area is 212 Å². The van der Waals surface area contributed by atoms with Crippen molar-refractivity contribution in [3.63, 3.8) is 0 Å². The largest absolute Gasteiger partial charge is 0.345 e. The molecule has 6 heteroatoms. The van der Waals surface area contributed by atoms with Crippen LogP contribution in [0.5, 0.6) is 0 Å². The first-order valence-electron chi connectivity index (χ1n) is 13.0. The molecule has 0 aliphatic heterocycles. The van der Waals surface area contributed by atoms with Crippen LogP contribution in [0.1, 0.15) is 74.4 Å². The molecule has 5 rings (SSSR count). The van der Waals surface area contributed by atoms with E-state index in [4.69, 9.17) is 21.7 Å². The van der Waals surface area contributed by atoms with Gasteiger partial charge >= 0.3 is 5.69 Å². The molecule has 1 fully saturated rings. The smallest absolute Gasteiger partial charge is 0.280 e. The molecule has 35 heavy (non-hydrogen) atoms. The van der Waals surface area contributed by atoms with E-state index in [9.17, 15) is 4.79 Å². The van der Waals surface area contributed by atoms with Gasteiger partial charge in [-0.25, -0.2) is 9.48 Å². The molecule has 184 valence electrons. The molecule has 0 radical (unpaired) electrons. The van der Waals surface area contributed by atoms with E-state index < -0.39 is 0 Å². The Morgan fingerprint density at radius 3 is 2.60 bits per heavy atom. The second-order valence-electron chi connectivity index (χ2n) is 10.2. The third-order valence-corrected chi connectivity index (χ3v) is 8.45. The highest BCUT2D eigenvalue weighted by molar-refractivity contribution is 6.30. The van der Waals surface area contributed by atoms with Crippen molar-refractivity contribution >= 4 is 17.3 Å². The van der Waals surface area contributed by atoms with Gasteiger partial charge in [0.25, 0.3) is 0 Å². The highest BCUT2D eigenvalue weighted by atomic mass is 35.5. The van der Waals surface area contributed by atoms with E-state index >= 15 is 0 Å². The molecule has 1 heterocycles. The number of nitrogens with zero attached hydrogens (tertiary/aromatic N) is 4. The maximum atomic E-state index is 13.0. The number of fused-ring (bicyclic) bond motifs is 1. The van der Waals surface area contributed by atoms with E-state index in [1.807, 2.05) is 19.2 Å². The lowest BCUT2D eigenvalue weighted by Gasteiger charge is -2.32. The van der Waals surface area contributed by atoms with Crippen LogP contribution in [0.4, 0.5) is 0 Å². The zero-order chi connectivity index (χ0) is 24.4. The molecular weight excluding hydrogens is 456 g/mol. The lowest BCUT2D eigenvalue weighted by Crippen LogP contribution is -2.34. The molecule has 0 spiro atoms. The van der Waals surface area contributed by atoms with Gasteiger partial charge < -0.3 is 0 Å². The van der Waals surface area contributed by atoms with Crippen LogP contribution in [0.3, 0.4) is 0 Å². The minimum Gasteiger partial charge on any atom is -0.280 e. The second kappa shape index (κ2) is 10.1. The van der Waals surface area contributed by atoms with E-state index in [1.165, 1.54) is 43.2 Å². The summed E-state index contributed by atoms with van der Waals surface area (Å²) in [5.74, 6) is 1.27. The summed E-state index contributed by atoms with van der Waals surface area (Å²) in [7, 11) is 1.82. The van der Waals surface area contributed by atoms with E-state index in [1.54, 1.807) is 9.25 Å². The molecule has 1 atom stereocenters. The van der Waals surface area contributed by atoms with Gasteiger partial charge in [-0.15, -0.1) is 0 Å². The lowest BCUT2D eigenvalue weighted by atomic mass is 9.72. The average Bonchev–Trinajstić information content (AvgIpc) is 3.39. The minimum atomic E-state index is -0.159. The van der Waals surface area contributed by atoms with Gasteiger partial charge in [0, 0.05) is 24.0 Å². The van der Waals surface area contributed by atoms with Gasteiger partial charge in [-0.3, -0.25) is 9.56 Å². The van der Waals surface area contributed by atoms with Crippen LogP contribution < -0.4 is 5.69 Å². The third kappa shape index (κ3) is 4.63. The van der Waals surface area contributed by atoms with Crippen LogP contribution in [-0.4, -0.2) is 20.1 Å². The molecule has 0 bridgehead atoms. The van der Waals surface area contributed by atoms with E-state index in [0.717, 1.165) is 36.4 Å². The highest BCUT2D eigenvalue weighted by Crippen LogP contribution is 2.44. The van der Waals surface area contributed by atoms with Crippen molar-refractivity contribution in [1.29, 1.82) is 0 Å². The Morgan fingerprint density at radius 1 is 1.11 bits per heavy atom. The average molecular weight is 491 g/mol. The highest BCUT2D eigenvalue weighted by Gasteiger charge is 2.42. The summed E-state index contributed by atoms with van der Waals surface area (Å²) < 4.78 is 3.34. The van der Waals surface area contributed by atoms with Crippen molar-refractivity contribution in [3.8, 4) is 0 Å². The summed E-state index contributed by atoms with van der Waals surface area (Å²) in [6, 6.07) is 16.8. The Hall–Kier alpha value is -2.66. The number of aromatic nitrogens is 3. The Kier molecular flexibility index (Phi) is 6.97. The Morgan fingerprint density at radius 2 is 1.86 bits per heavy atom. The van der Waals surface area contributed by atoms with Crippen LogP contribution >= 0.6 is 11.6 Å². The topological polar surface area (TPSA) is 52.2 Å².